The zero-order valence-corrected chi connectivity index (χ0v) is 11.5. The van der Waals surface area contributed by atoms with Crippen molar-refractivity contribution in [3.05, 3.63) is 52.7 Å². The Kier molecular flexibility index (Phi) is 3.39. The number of fused-ring (bicyclic) bond motifs is 1. The van der Waals surface area contributed by atoms with Gasteiger partial charge in [0, 0.05) is 11.0 Å². The molecule has 0 aliphatic heterocycles. The van der Waals surface area contributed by atoms with Crippen molar-refractivity contribution >= 4 is 50.0 Å². The minimum absolute atomic E-state index is 0.160. The van der Waals surface area contributed by atoms with Crippen LogP contribution in [0.5, 0.6) is 0 Å². The summed E-state index contributed by atoms with van der Waals surface area (Å²) in [5.41, 5.74) is 0.907. The molecule has 0 unspecified atom stereocenters. The lowest BCUT2D eigenvalue weighted by Crippen LogP contribution is -2.06. The van der Waals surface area contributed by atoms with Gasteiger partial charge in [0.25, 0.3) is 0 Å². The summed E-state index contributed by atoms with van der Waals surface area (Å²) in [7, 11) is 0. The molecule has 3 nitrogen and oxygen atoms in total. The van der Waals surface area contributed by atoms with Crippen molar-refractivity contribution < 1.29 is 4.79 Å². The standard InChI is InChI=1S/C14H10N2OS2/c17-13(8-7-10-4-3-9-18-10)16-14-15-11-5-1-2-6-12(11)19-14/h1-9H,(H,15,16,17)/b8-7+. The zero-order valence-electron chi connectivity index (χ0n) is 9.87. The quantitative estimate of drug-likeness (QED) is 0.739. The number of para-hydroxylation sites is 1. The summed E-state index contributed by atoms with van der Waals surface area (Å²) < 4.78 is 1.07. The summed E-state index contributed by atoms with van der Waals surface area (Å²) in [4.78, 5) is 17.2. The topological polar surface area (TPSA) is 42.0 Å². The Balaban J connectivity index is 1.72. The number of hydrogen-bond donors (Lipinski definition) is 1. The highest BCUT2D eigenvalue weighted by Crippen LogP contribution is 2.25. The van der Waals surface area contributed by atoms with Crippen LogP contribution in [0.25, 0.3) is 16.3 Å². The molecule has 3 rings (SSSR count). The minimum Gasteiger partial charge on any atom is -0.298 e. The molecule has 2 heterocycles. The average Bonchev–Trinajstić information content (AvgIpc) is 3.04. The van der Waals surface area contributed by atoms with Crippen LogP contribution in [0.15, 0.2) is 47.9 Å². The average molecular weight is 286 g/mol. The van der Waals surface area contributed by atoms with E-state index >= 15 is 0 Å². The van der Waals surface area contributed by atoms with Crippen molar-refractivity contribution in [3.8, 4) is 0 Å². The molecule has 0 saturated heterocycles. The second-order valence-electron chi connectivity index (χ2n) is 3.82. The number of thiazole rings is 1. The summed E-state index contributed by atoms with van der Waals surface area (Å²) in [6.07, 6.45) is 3.32. The van der Waals surface area contributed by atoms with E-state index in [0.29, 0.717) is 5.13 Å². The van der Waals surface area contributed by atoms with E-state index in [4.69, 9.17) is 0 Å². The van der Waals surface area contributed by atoms with Gasteiger partial charge in [-0.15, -0.1) is 11.3 Å². The van der Waals surface area contributed by atoms with Crippen LogP contribution in [0.4, 0.5) is 5.13 Å². The molecule has 1 amide bonds. The molecule has 1 aromatic carbocycles. The largest absolute Gasteiger partial charge is 0.298 e. The van der Waals surface area contributed by atoms with Gasteiger partial charge < -0.3 is 0 Å². The summed E-state index contributed by atoms with van der Waals surface area (Å²) in [5, 5.41) is 5.38. The van der Waals surface area contributed by atoms with Crippen LogP contribution < -0.4 is 5.32 Å². The first-order chi connectivity index (χ1) is 9.31. The van der Waals surface area contributed by atoms with Crippen LogP contribution in [0.3, 0.4) is 0 Å². The first kappa shape index (κ1) is 12.1. The smallest absolute Gasteiger partial charge is 0.250 e. The third-order valence-corrected chi connectivity index (χ3v) is 4.26. The summed E-state index contributed by atoms with van der Waals surface area (Å²) in [5.74, 6) is -0.160. The fraction of sp³-hybridized carbons (Fsp3) is 0. The normalized spacial score (nSPS) is 11.2. The van der Waals surface area contributed by atoms with Gasteiger partial charge in [-0.1, -0.05) is 29.5 Å². The molecule has 0 bridgehead atoms. The van der Waals surface area contributed by atoms with E-state index < -0.39 is 0 Å². The van der Waals surface area contributed by atoms with Gasteiger partial charge in [0.05, 0.1) is 10.2 Å². The number of amides is 1. The molecule has 94 valence electrons. The number of carbonyl (C=O) groups is 1. The monoisotopic (exact) mass is 286 g/mol. The first-order valence-electron chi connectivity index (χ1n) is 5.69. The SMILES string of the molecule is O=C(/C=C/c1cccs1)Nc1nc2ccccc2s1. The van der Waals surface area contributed by atoms with Crippen molar-refractivity contribution in [2.45, 2.75) is 0 Å². The Hall–Kier alpha value is -1.98. The summed E-state index contributed by atoms with van der Waals surface area (Å²) >= 11 is 3.07. The molecule has 5 heteroatoms. The van der Waals surface area contributed by atoms with E-state index in [1.807, 2.05) is 41.8 Å². The zero-order chi connectivity index (χ0) is 13.1. The van der Waals surface area contributed by atoms with Gasteiger partial charge in [-0.05, 0) is 29.7 Å². The lowest BCUT2D eigenvalue weighted by molar-refractivity contribution is -0.111. The van der Waals surface area contributed by atoms with Crippen LogP contribution in [-0.4, -0.2) is 10.9 Å². The maximum atomic E-state index is 11.8. The highest BCUT2D eigenvalue weighted by Gasteiger charge is 2.04. The lowest BCUT2D eigenvalue weighted by Gasteiger charge is -1.94. The number of nitrogens with zero attached hydrogens (tertiary/aromatic N) is 1. The number of rotatable bonds is 3. The molecule has 1 N–H and O–H groups in total. The number of anilines is 1. The Bertz CT molecular complexity index is 696. The third-order valence-electron chi connectivity index (χ3n) is 2.47. The number of thiophene rings is 1. The van der Waals surface area contributed by atoms with Crippen molar-refractivity contribution in [2.75, 3.05) is 5.32 Å². The van der Waals surface area contributed by atoms with E-state index in [-0.39, 0.29) is 5.91 Å². The Labute approximate surface area is 118 Å². The number of nitrogens with one attached hydrogen (secondary N) is 1. The molecule has 0 fully saturated rings. The molecule has 0 spiro atoms. The molecule has 0 aliphatic carbocycles. The number of aromatic nitrogens is 1. The van der Waals surface area contributed by atoms with Crippen molar-refractivity contribution in [3.63, 3.8) is 0 Å². The fourth-order valence-electron chi connectivity index (χ4n) is 1.62. The molecule has 2 aromatic heterocycles. The predicted octanol–water partition coefficient (Wildman–Crippen LogP) is 4.01. The van der Waals surface area contributed by atoms with Gasteiger partial charge in [-0.2, -0.15) is 0 Å². The van der Waals surface area contributed by atoms with Crippen LogP contribution in [0, 0.1) is 0 Å². The predicted molar refractivity (Wildman–Crippen MR) is 81.6 cm³/mol. The molecule has 0 saturated carbocycles. The van der Waals surface area contributed by atoms with Crippen molar-refractivity contribution in [1.29, 1.82) is 0 Å². The Morgan fingerprint density at radius 1 is 1.21 bits per heavy atom. The second kappa shape index (κ2) is 5.34. The van der Waals surface area contributed by atoms with Gasteiger partial charge in [0.15, 0.2) is 5.13 Å². The van der Waals surface area contributed by atoms with Crippen LogP contribution in [-0.2, 0) is 4.79 Å². The summed E-state index contributed by atoms with van der Waals surface area (Å²) in [6, 6.07) is 11.7. The van der Waals surface area contributed by atoms with Gasteiger partial charge in [-0.3, -0.25) is 10.1 Å². The molecule has 0 radical (unpaired) electrons. The van der Waals surface area contributed by atoms with Crippen LogP contribution in [0.1, 0.15) is 4.88 Å². The first-order valence-corrected chi connectivity index (χ1v) is 7.39. The number of benzene rings is 1. The van der Waals surface area contributed by atoms with Gasteiger partial charge in [0.2, 0.25) is 5.91 Å². The van der Waals surface area contributed by atoms with Crippen LogP contribution >= 0.6 is 22.7 Å². The molecule has 19 heavy (non-hydrogen) atoms. The maximum Gasteiger partial charge on any atom is 0.250 e. The number of hydrogen-bond acceptors (Lipinski definition) is 4. The van der Waals surface area contributed by atoms with E-state index in [0.717, 1.165) is 15.1 Å². The molecular formula is C14H10N2OS2. The Morgan fingerprint density at radius 2 is 2.11 bits per heavy atom. The summed E-state index contributed by atoms with van der Waals surface area (Å²) in [6.45, 7) is 0. The fourth-order valence-corrected chi connectivity index (χ4v) is 3.10. The van der Waals surface area contributed by atoms with Crippen LogP contribution in [0.2, 0.25) is 0 Å². The van der Waals surface area contributed by atoms with E-state index in [1.165, 1.54) is 17.4 Å². The van der Waals surface area contributed by atoms with Gasteiger partial charge in [-0.25, -0.2) is 4.98 Å². The van der Waals surface area contributed by atoms with E-state index in [9.17, 15) is 4.79 Å². The maximum absolute atomic E-state index is 11.8. The lowest BCUT2D eigenvalue weighted by atomic mass is 10.3. The minimum atomic E-state index is -0.160. The molecule has 3 aromatic rings. The number of carbonyl (C=O) groups excluding carboxylic acids is 1. The van der Waals surface area contributed by atoms with Gasteiger partial charge >= 0.3 is 0 Å². The van der Waals surface area contributed by atoms with Gasteiger partial charge in [0.1, 0.15) is 0 Å². The molecular weight excluding hydrogens is 276 g/mol. The highest BCUT2D eigenvalue weighted by molar-refractivity contribution is 7.22. The third kappa shape index (κ3) is 2.89. The van der Waals surface area contributed by atoms with Crippen molar-refractivity contribution in [1.82, 2.24) is 4.98 Å². The Morgan fingerprint density at radius 3 is 2.89 bits per heavy atom. The van der Waals surface area contributed by atoms with Crippen molar-refractivity contribution in [2.24, 2.45) is 0 Å². The molecule has 0 aliphatic rings. The van der Waals surface area contributed by atoms with E-state index in [1.54, 1.807) is 17.4 Å². The molecule has 0 atom stereocenters. The van der Waals surface area contributed by atoms with E-state index in [2.05, 4.69) is 10.3 Å². The highest BCUT2D eigenvalue weighted by atomic mass is 32.1. The second-order valence-corrected chi connectivity index (χ2v) is 5.83.